The lowest BCUT2D eigenvalue weighted by atomic mass is 10.2. The Balaban J connectivity index is 0.00000364. The van der Waals surface area contributed by atoms with Crippen molar-refractivity contribution in [3.05, 3.63) is 29.8 Å². The van der Waals surface area contributed by atoms with Gasteiger partial charge in [-0.25, -0.2) is 4.99 Å². The minimum Gasteiger partial charge on any atom is -0.434 e. The third kappa shape index (κ3) is 8.27. The molecule has 0 spiro atoms. The Kier molecular flexibility index (Phi) is 11.0. The fraction of sp³-hybridized carbons (Fsp3) is 0.556. The summed E-state index contributed by atoms with van der Waals surface area (Å²) in [6.07, 6.45) is 2.41. The summed E-state index contributed by atoms with van der Waals surface area (Å²) in [6, 6.07) is 6.62. The Bertz CT molecular complexity index is 617. The molecule has 0 saturated carbocycles. The van der Waals surface area contributed by atoms with Crippen molar-refractivity contribution < 1.29 is 18.3 Å². The Morgan fingerprint density at radius 1 is 1.33 bits per heavy atom. The fourth-order valence-electron chi connectivity index (χ4n) is 2.77. The molecule has 1 aromatic carbocycles. The number of aliphatic imine (C=N–C) groups is 1. The molecule has 0 aliphatic carbocycles. The van der Waals surface area contributed by atoms with Gasteiger partial charge in [0, 0.05) is 38.2 Å². The van der Waals surface area contributed by atoms with Gasteiger partial charge in [-0.3, -0.25) is 4.79 Å². The van der Waals surface area contributed by atoms with Crippen LogP contribution < -0.4 is 15.4 Å². The summed E-state index contributed by atoms with van der Waals surface area (Å²) < 4.78 is 29.5. The number of benzene rings is 1. The number of ether oxygens (including phenoxy) is 1. The van der Waals surface area contributed by atoms with E-state index in [0.29, 0.717) is 31.0 Å². The van der Waals surface area contributed by atoms with Crippen LogP contribution in [-0.4, -0.2) is 49.6 Å². The van der Waals surface area contributed by atoms with Crippen molar-refractivity contribution in [1.29, 1.82) is 0 Å². The van der Waals surface area contributed by atoms with E-state index in [0.717, 1.165) is 25.9 Å². The fourth-order valence-corrected chi connectivity index (χ4v) is 2.77. The molecule has 1 aliphatic heterocycles. The molecule has 1 amide bonds. The highest BCUT2D eigenvalue weighted by Gasteiger charge is 2.18. The van der Waals surface area contributed by atoms with Crippen LogP contribution in [0.15, 0.2) is 29.3 Å². The predicted octanol–water partition coefficient (Wildman–Crippen LogP) is 2.97. The molecule has 1 fully saturated rings. The lowest BCUT2D eigenvalue weighted by Gasteiger charge is -2.16. The first kappa shape index (κ1) is 23.4. The number of carbonyl (C=O) groups excluding carboxylic acids is 1. The molecule has 152 valence electrons. The van der Waals surface area contributed by atoms with Crippen molar-refractivity contribution >= 4 is 35.8 Å². The number of halogens is 3. The monoisotopic (exact) mass is 496 g/mol. The van der Waals surface area contributed by atoms with Crippen molar-refractivity contribution in [1.82, 2.24) is 15.5 Å². The minimum absolute atomic E-state index is 0. The zero-order valence-electron chi connectivity index (χ0n) is 15.4. The lowest BCUT2D eigenvalue weighted by molar-refractivity contribution is -0.127. The zero-order chi connectivity index (χ0) is 18.8. The van der Waals surface area contributed by atoms with Crippen LogP contribution in [0.5, 0.6) is 5.75 Å². The smallest absolute Gasteiger partial charge is 0.387 e. The SMILES string of the molecule is CCNC(=NCc1ccccc1OC(F)F)NCCCN1CCCC1=O.I. The van der Waals surface area contributed by atoms with Crippen LogP contribution in [0.25, 0.3) is 0 Å². The van der Waals surface area contributed by atoms with Gasteiger partial charge in [0.05, 0.1) is 6.54 Å². The van der Waals surface area contributed by atoms with E-state index in [9.17, 15) is 13.6 Å². The van der Waals surface area contributed by atoms with Gasteiger partial charge in [0.15, 0.2) is 5.96 Å². The number of hydrogen-bond donors (Lipinski definition) is 2. The van der Waals surface area contributed by atoms with Crippen molar-refractivity contribution in [3.63, 3.8) is 0 Å². The van der Waals surface area contributed by atoms with Crippen LogP contribution in [0.4, 0.5) is 8.78 Å². The molecule has 1 aromatic rings. The summed E-state index contributed by atoms with van der Waals surface area (Å²) >= 11 is 0. The van der Waals surface area contributed by atoms with E-state index in [-0.39, 0.29) is 42.2 Å². The first-order valence-corrected chi connectivity index (χ1v) is 8.92. The second-order valence-corrected chi connectivity index (χ2v) is 5.95. The molecule has 9 heteroatoms. The molecular weight excluding hydrogens is 469 g/mol. The third-order valence-electron chi connectivity index (χ3n) is 4.01. The normalized spacial score (nSPS) is 14.3. The van der Waals surface area contributed by atoms with E-state index in [1.54, 1.807) is 18.2 Å². The zero-order valence-corrected chi connectivity index (χ0v) is 17.7. The van der Waals surface area contributed by atoms with Crippen molar-refractivity contribution in [2.24, 2.45) is 4.99 Å². The molecule has 2 rings (SSSR count). The number of alkyl halides is 2. The summed E-state index contributed by atoms with van der Waals surface area (Å²) in [5, 5.41) is 6.32. The van der Waals surface area contributed by atoms with Crippen LogP contribution in [0.1, 0.15) is 31.7 Å². The molecule has 1 heterocycles. The lowest BCUT2D eigenvalue weighted by Crippen LogP contribution is -2.39. The summed E-state index contributed by atoms with van der Waals surface area (Å²) in [6.45, 7) is 2.25. The maximum atomic E-state index is 12.5. The number of likely N-dealkylation sites (tertiary alicyclic amines) is 1. The van der Waals surface area contributed by atoms with Gasteiger partial charge in [-0.2, -0.15) is 8.78 Å². The van der Waals surface area contributed by atoms with Gasteiger partial charge >= 0.3 is 6.61 Å². The van der Waals surface area contributed by atoms with Gasteiger partial charge in [-0.05, 0) is 25.8 Å². The predicted molar refractivity (Wildman–Crippen MR) is 112 cm³/mol. The second-order valence-electron chi connectivity index (χ2n) is 5.95. The van der Waals surface area contributed by atoms with Crippen molar-refractivity contribution in [2.75, 3.05) is 26.2 Å². The number of rotatable bonds is 9. The molecule has 0 radical (unpaired) electrons. The number of para-hydroxylation sites is 1. The molecule has 1 saturated heterocycles. The number of nitrogens with zero attached hydrogens (tertiary/aromatic N) is 2. The third-order valence-corrected chi connectivity index (χ3v) is 4.01. The van der Waals surface area contributed by atoms with Gasteiger partial charge in [0.1, 0.15) is 5.75 Å². The van der Waals surface area contributed by atoms with Gasteiger partial charge in [0.2, 0.25) is 5.91 Å². The van der Waals surface area contributed by atoms with Crippen LogP contribution >= 0.6 is 24.0 Å². The van der Waals surface area contributed by atoms with Crippen molar-refractivity contribution in [3.8, 4) is 5.75 Å². The van der Waals surface area contributed by atoms with Crippen LogP contribution in [0.2, 0.25) is 0 Å². The van der Waals surface area contributed by atoms with Gasteiger partial charge in [0.25, 0.3) is 0 Å². The number of guanidine groups is 1. The summed E-state index contributed by atoms with van der Waals surface area (Å²) in [5.74, 6) is 0.961. The number of amides is 1. The Morgan fingerprint density at radius 2 is 2.11 bits per heavy atom. The average Bonchev–Trinajstić information content (AvgIpc) is 3.02. The Labute approximate surface area is 175 Å². The largest absolute Gasteiger partial charge is 0.434 e. The molecule has 6 nitrogen and oxygen atoms in total. The number of carbonyl (C=O) groups is 1. The van der Waals surface area contributed by atoms with Gasteiger partial charge in [-0.1, -0.05) is 18.2 Å². The Morgan fingerprint density at radius 3 is 2.78 bits per heavy atom. The minimum atomic E-state index is -2.86. The van der Waals surface area contributed by atoms with Crippen LogP contribution in [0, 0.1) is 0 Å². The number of hydrogen-bond acceptors (Lipinski definition) is 3. The average molecular weight is 496 g/mol. The van der Waals surface area contributed by atoms with E-state index in [1.165, 1.54) is 6.07 Å². The van der Waals surface area contributed by atoms with Gasteiger partial charge in [-0.15, -0.1) is 24.0 Å². The van der Waals surface area contributed by atoms with Gasteiger partial charge < -0.3 is 20.3 Å². The van der Waals surface area contributed by atoms with Crippen molar-refractivity contribution in [2.45, 2.75) is 39.3 Å². The molecule has 0 atom stereocenters. The molecule has 0 aromatic heterocycles. The van der Waals surface area contributed by atoms with E-state index in [1.807, 2.05) is 11.8 Å². The first-order valence-electron chi connectivity index (χ1n) is 8.92. The highest BCUT2D eigenvalue weighted by atomic mass is 127. The summed E-state index contributed by atoms with van der Waals surface area (Å²) in [7, 11) is 0. The quantitative estimate of drug-likeness (QED) is 0.239. The summed E-state index contributed by atoms with van der Waals surface area (Å²) in [4.78, 5) is 17.9. The maximum absolute atomic E-state index is 12.5. The molecule has 1 aliphatic rings. The van der Waals surface area contributed by atoms with E-state index < -0.39 is 6.61 Å². The molecule has 0 bridgehead atoms. The molecule has 2 N–H and O–H groups in total. The standard InChI is InChI=1S/C18H26F2N4O2.HI/c1-2-21-18(22-10-6-12-24-11-5-9-16(24)25)23-13-14-7-3-4-8-15(14)26-17(19)20;/h3-4,7-8,17H,2,5-6,9-13H2,1H3,(H2,21,22,23);1H. The van der Waals surface area contributed by atoms with E-state index in [4.69, 9.17) is 0 Å². The topological polar surface area (TPSA) is 66.0 Å². The maximum Gasteiger partial charge on any atom is 0.387 e. The van der Waals surface area contributed by atoms with E-state index >= 15 is 0 Å². The highest BCUT2D eigenvalue weighted by Crippen LogP contribution is 2.20. The molecular formula is C18H27F2IN4O2. The summed E-state index contributed by atoms with van der Waals surface area (Å²) in [5.41, 5.74) is 0.590. The second kappa shape index (κ2) is 12.7. The van der Waals surface area contributed by atoms with Crippen LogP contribution in [-0.2, 0) is 11.3 Å². The molecule has 27 heavy (non-hydrogen) atoms. The number of nitrogens with one attached hydrogen (secondary N) is 2. The first-order chi connectivity index (χ1) is 12.6. The van der Waals surface area contributed by atoms with Crippen LogP contribution in [0.3, 0.4) is 0 Å². The van der Waals surface area contributed by atoms with E-state index in [2.05, 4.69) is 20.4 Å². The molecule has 0 unspecified atom stereocenters. The Hall–Kier alpha value is -1.65. The highest BCUT2D eigenvalue weighted by molar-refractivity contribution is 14.0.